The van der Waals surface area contributed by atoms with Crippen LogP contribution in [0.25, 0.3) is 0 Å². The highest BCUT2D eigenvalue weighted by atomic mass is 16.6. The fourth-order valence-corrected chi connectivity index (χ4v) is 3.86. The smallest absolute Gasteiger partial charge is 0.303 e. The van der Waals surface area contributed by atoms with Crippen LogP contribution in [0.2, 0.25) is 0 Å². The zero-order valence-electron chi connectivity index (χ0n) is 11.6. The Morgan fingerprint density at radius 1 is 1.11 bits per heavy atom. The minimum atomic E-state index is -0.355. The van der Waals surface area contributed by atoms with Gasteiger partial charge in [0.15, 0.2) is 0 Å². The fraction of sp³-hybridized carbons (Fsp3) is 0.933. The van der Waals surface area contributed by atoms with E-state index in [2.05, 4.69) is 0 Å². The Kier molecular flexibility index (Phi) is 4.66. The maximum Gasteiger partial charge on any atom is 0.303 e. The number of nitrogens with two attached hydrogens (primary N) is 1. The van der Waals surface area contributed by atoms with E-state index in [0.717, 1.165) is 25.7 Å². The molecule has 2 N–H and O–H groups in total. The number of rotatable bonds is 3. The highest BCUT2D eigenvalue weighted by Gasteiger charge is 2.44. The van der Waals surface area contributed by atoms with E-state index in [0.29, 0.717) is 5.92 Å². The lowest BCUT2D eigenvalue weighted by atomic mass is 9.71. The predicted molar refractivity (Wildman–Crippen MR) is 72.1 cm³/mol. The standard InChI is InChI=1S/C15H27NO2/c1-12(17)18-15(10-6-3-7-11-15)14(16)13-8-4-2-5-9-13/h13-14H,2-11,16H2,1H3. The third-order valence-electron chi connectivity index (χ3n) is 4.81. The first-order chi connectivity index (χ1) is 8.64. The summed E-state index contributed by atoms with van der Waals surface area (Å²) in [6.45, 7) is 1.52. The van der Waals surface area contributed by atoms with Crippen LogP contribution in [0.3, 0.4) is 0 Å². The second kappa shape index (κ2) is 6.05. The first-order valence-electron chi connectivity index (χ1n) is 7.59. The number of hydrogen-bond donors (Lipinski definition) is 1. The van der Waals surface area contributed by atoms with Gasteiger partial charge in [-0.2, -0.15) is 0 Å². The van der Waals surface area contributed by atoms with Gasteiger partial charge >= 0.3 is 5.97 Å². The molecule has 0 aliphatic heterocycles. The van der Waals surface area contributed by atoms with Crippen molar-refractivity contribution < 1.29 is 9.53 Å². The Morgan fingerprint density at radius 3 is 2.22 bits per heavy atom. The molecule has 104 valence electrons. The first-order valence-corrected chi connectivity index (χ1v) is 7.59. The number of hydrogen-bond acceptors (Lipinski definition) is 3. The zero-order valence-corrected chi connectivity index (χ0v) is 11.6. The third-order valence-corrected chi connectivity index (χ3v) is 4.81. The number of carbonyl (C=O) groups excluding carboxylic acids is 1. The molecule has 1 unspecified atom stereocenters. The van der Waals surface area contributed by atoms with Crippen LogP contribution in [-0.4, -0.2) is 17.6 Å². The van der Waals surface area contributed by atoms with Crippen molar-refractivity contribution in [1.82, 2.24) is 0 Å². The summed E-state index contributed by atoms with van der Waals surface area (Å²) in [5, 5.41) is 0. The zero-order chi connectivity index (χ0) is 13.0. The van der Waals surface area contributed by atoms with Crippen molar-refractivity contribution in [2.24, 2.45) is 11.7 Å². The van der Waals surface area contributed by atoms with Crippen molar-refractivity contribution in [3.8, 4) is 0 Å². The van der Waals surface area contributed by atoms with Crippen LogP contribution < -0.4 is 5.73 Å². The van der Waals surface area contributed by atoms with Crippen LogP contribution in [0.5, 0.6) is 0 Å². The van der Waals surface area contributed by atoms with Crippen LogP contribution in [0, 0.1) is 5.92 Å². The van der Waals surface area contributed by atoms with Crippen LogP contribution in [0.4, 0.5) is 0 Å². The lowest BCUT2D eigenvalue weighted by molar-refractivity contribution is -0.166. The Bertz CT molecular complexity index is 278. The number of carbonyl (C=O) groups is 1. The molecule has 2 saturated carbocycles. The first kappa shape index (κ1) is 13.9. The molecule has 1 atom stereocenters. The molecule has 2 rings (SSSR count). The van der Waals surface area contributed by atoms with Gasteiger partial charge in [0.05, 0.1) is 0 Å². The summed E-state index contributed by atoms with van der Waals surface area (Å²) in [5.41, 5.74) is 6.17. The summed E-state index contributed by atoms with van der Waals surface area (Å²) in [4.78, 5) is 11.4. The van der Waals surface area contributed by atoms with Crippen molar-refractivity contribution in [3.63, 3.8) is 0 Å². The summed E-state index contributed by atoms with van der Waals surface area (Å²) >= 11 is 0. The fourth-order valence-electron chi connectivity index (χ4n) is 3.86. The maximum absolute atomic E-state index is 11.4. The van der Waals surface area contributed by atoms with E-state index in [4.69, 9.17) is 10.5 Å². The number of esters is 1. The molecule has 3 heteroatoms. The summed E-state index contributed by atoms with van der Waals surface area (Å²) in [5.74, 6) is 0.388. The molecule has 2 aliphatic carbocycles. The maximum atomic E-state index is 11.4. The highest BCUT2D eigenvalue weighted by Crippen LogP contribution is 2.40. The molecular formula is C15H27NO2. The average molecular weight is 253 g/mol. The summed E-state index contributed by atoms with van der Waals surface area (Å²) in [6.07, 6.45) is 11.8. The van der Waals surface area contributed by atoms with Gasteiger partial charge in [0, 0.05) is 13.0 Å². The van der Waals surface area contributed by atoms with Gasteiger partial charge in [-0.3, -0.25) is 4.79 Å². The van der Waals surface area contributed by atoms with E-state index < -0.39 is 0 Å². The van der Waals surface area contributed by atoms with Gasteiger partial charge in [-0.05, 0) is 44.4 Å². The van der Waals surface area contributed by atoms with Gasteiger partial charge in [0.2, 0.25) is 0 Å². The van der Waals surface area contributed by atoms with Crippen molar-refractivity contribution in [2.75, 3.05) is 0 Å². The largest absolute Gasteiger partial charge is 0.458 e. The monoisotopic (exact) mass is 253 g/mol. The normalized spacial score (nSPS) is 26.6. The molecule has 2 fully saturated rings. The summed E-state index contributed by atoms with van der Waals surface area (Å²) in [6, 6.07) is 0.0435. The molecule has 0 aromatic carbocycles. The molecule has 0 aromatic rings. The minimum absolute atomic E-state index is 0.0435. The van der Waals surface area contributed by atoms with E-state index in [9.17, 15) is 4.79 Å². The summed E-state index contributed by atoms with van der Waals surface area (Å²) < 4.78 is 5.73. The van der Waals surface area contributed by atoms with Gasteiger partial charge in [0.1, 0.15) is 5.60 Å². The topological polar surface area (TPSA) is 52.3 Å². The third kappa shape index (κ3) is 3.05. The van der Waals surface area contributed by atoms with Crippen LogP contribution in [0.1, 0.15) is 71.1 Å². The predicted octanol–water partition coefficient (Wildman–Crippen LogP) is 3.16. The second-order valence-electron chi connectivity index (χ2n) is 6.14. The van der Waals surface area contributed by atoms with Crippen LogP contribution in [0.15, 0.2) is 0 Å². The molecule has 0 amide bonds. The molecule has 18 heavy (non-hydrogen) atoms. The van der Waals surface area contributed by atoms with E-state index in [1.54, 1.807) is 0 Å². The Labute approximate surface area is 110 Å². The molecule has 0 bridgehead atoms. The van der Waals surface area contributed by atoms with Crippen molar-refractivity contribution >= 4 is 5.97 Å². The minimum Gasteiger partial charge on any atom is -0.458 e. The van der Waals surface area contributed by atoms with Crippen LogP contribution in [-0.2, 0) is 9.53 Å². The lowest BCUT2D eigenvalue weighted by Gasteiger charge is -2.45. The van der Waals surface area contributed by atoms with Crippen molar-refractivity contribution in [2.45, 2.75) is 82.8 Å². The Balaban J connectivity index is 2.08. The second-order valence-corrected chi connectivity index (χ2v) is 6.14. The molecule has 0 radical (unpaired) electrons. The quantitative estimate of drug-likeness (QED) is 0.786. The number of ether oxygens (including phenoxy) is 1. The lowest BCUT2D eigenvalue weighted by Crippen LogP contribution is -2.56. The molecule has 0 heterocycles. The van der Waals surface area contributed by atoms with Gasteiger partial charge in [-0.1, -0.05) is 25.7 Å². The Morgan fingerprint density at radius 2 is 1.67 bits per heavy atom. The highest BCUT2D eigenvalue weighted by molar-refractivity contribution is 5.66. The van der Waals surface area contributed by atoms with E-state index in [1.165, 1.54) is 45.4 Å². The van der Waals surface area contributed by atoms with Gasteiger partial charge in [-0.15, -0.1) is 0 Å². The van der Waals surface area contributed by atoms with Crippen molar-refractivity contribution in [3.05, 3.63) is 0 Å². The molecule has 2 aliphatic rings. The van der Waals surface area contributed by atoms with Crippen molar-refractivity contribution in [1.29, 1.82) is 0 Å². The molecule has 0 spiro atoms. The van der Waals surface area contributed by atoms with E-state index in [1.807, 2.05) is 0 Å². The van der Waals surface area contributed by atoms with Gasteiger partial charge < -0.3 is 10.5 Å². The molecule has 3 nitrogen and oxygen atoms in total. The summed E-state index contributed by atoms with van der Waals surface area (Å²) in [7, 11) is 0. The van der Waals surface area contributed by atoms with Crippen LogP contribution >= 0.6 is 0 Å². The average Bonchev–Trinajstić information content (AvgIpc) is 2.39. The molecular weight excluding hydrogens is 226 g/mol. The van der Waals surface area contributed by atoms with E-state index in [-0.39, 0.29) is 17.6 Å². The Hall–Kier alpha value is -0.570. The molecule has 0 aromatic heterocycles. The van der Waals surface area contributed by atoms with Gasteiger partial charge in [-0.25, -0.2) is 0 Å². The van der Waals surface area contributed by atoms with E-state index >= 15 is 0 Å². The molecule has 0 saturated heterocycles. The van der Waals surface area contributed by atoms with Gasteiger partial charge in [0.25, 0.3) is 0 Å². The SMILES string of the molecule is CC(=O)OC1(C(N)C2CCCCC2)CCCCC1.